The first kappa shape index (κ1) is 23.5. The van der Waals surface area contributed by atoms with Gasteiger partial charge in [-0.2, -0.15) is 5.10 Å². The van der Waals surface area contributed by atoms with Crippen LogP contribution in [0.1, 0.15) is 46.2 Å². The van der Waals surface area contributed by atoms with Crippen molar-refractivity contribution in [3.63, 3.8) is 0 Å². The lowest BCUT2D eigenvalue weighted by atomic mass is 9.94. The van der Waals surface area contributed by atoms with Crippen molar-refractivity contribution in [3.8, 4) is 23.2 Å². The number of carbonyl (C=O) groups is 1. The summed E-state index contributed by atoms with van der Waals surface area (Å²) in [5.41, 5.74) is 3.29. The number of hydrogen-bond acceptors (Lipinski definition) is 7. The lowest BCUT2D eigenvalue weighted by Gasteiger charge is -2.32. The first-order chi connectivity index (χ1) is 17.5. The Morgan fingerprint density at radius 3 is 2.67 bits per heavy atom. The van der Waals surface area contributed by atoms with Crippen LogP contribution in [0.2, 0.25) is 0 Å². The van der Waals surface area contributed by atoms with E-state index < -0.39 is 0 Å². The Morgan fingerprint density at radius 1 is 1.06 bits per heavy atom. The average molecular weight is 485 g/mol. The molecule has 1 aliphatic rings. The molecule has 5 rings (SSSR count). The van der Waals surface area contributed by atoms with Gasteiger partial charge in [0.25, 0.3) is 5.91 Å². The zero-order chi connectivity index (χ0) is 25.1. The van der Waals surface area contributed by atoms with Crippen LogP contribution < -0.4 is 9.47 Å². The third-order valence-corrected chi connectivity index (χ3v) is 6.24. The summed E-state index contributed by atoms with van der Waals surface area (Å²) in [6.45, 7) is 5.19. The second-order valence-electron chi connectivity index (χ2n) is 8.90. The summed E-state index contributed by atoms with van der Waals surface area (Å²) in [4.78, 5) is 28.6. The highest BCUT2D eigenvalue weighted by atomic mass is 16.5. The van der Waals surface area contributed by atoms with Gasteiger partial charge < -0.3 is 14.4 Å². The van der Waals surface area contributed by atoms with Gasteiger partial charge in [0, 0.05) is 43.2 Å². The summed E-state index contributed by atoms with van der Waals surface area (Å²) in [6, 6.07) is 13.0. The number of rotatable bonds is 6. The molecule has 3 aromatic heterocycles. The molecule has 1 amide bonds. The maximum absolute atomic E-state index is 13.3. The molecule has 1 atom stereocenters. The predicted molar refractivity (Wildman–Crippen MR) is 134 cm³/mol. The van der Waals surface area contributed by atoms with E-state index in [1.165, 1.54) is 0 Å². The minimum atomic E-state index is -0.0381. The van der Waals surface area contributed by atoms with Crippen molar-refractivity contribution in [2.75, 3.05) is 20.2 Å². The first-order valence-electron chi connectivity index (χ1n) is 11.9. The van der Waals surface area contributed by atoms with Gasteiger partial charge in [-0.1, -0.05) is 6.07 Å². The van der Waals surface area contributed by atoms with Crippen LogP contribution in [0.15, 0.2) is 61.1 Å². The molecule has 0 N–H and O–H groups in total. The van der Waals surface area contributed by atoms with E-state index in [2.05, 4.69) is 20.1 Å². The first-order valence-corrected chi connectivity index (χ1v) is 11.9. The molecule has 0 saturated carbocycles. The molecule has 9 nitrogen and oxygen atoms in total. The van der Waals surface area contributed by atoms with Crippen molar-refractivity contribution in [1.29, 1.82) is 0 Å². The molecule has 1 saturated heterocycles. The number of aryl methyl sites for hydroxylation is 2. The fourth-order valence-corrected chi connectivity index (χ4v) is 4.48. The molecule has 1 aromatic carbocycles. The lowest BCUT2D eigenvalue weighted by Crippen LogP contribution is -2.39. The largest absolute Gasteiger partial charge is 0.497 e. The quantitative estimate of drug-likeness (QED) is 0.398. The number of hydrogen-bond donors (Lipinski definition) is 0. The normalized spacial score (nSPS) is 15.5. The number of aromatic nitrogens is 5. The average Bonchev–Trinajstić information content (AvgIpc) is 3.26. The predicted octanol–water partition coefficient (Wildman–Crippen LogP) is 4.49. The highest BCUT2D eigenvalue weighted by Crippen LogP contribution is 2.29. The maximum Gasteiger partial charge on any atom is 0.255 e. The van der Waals surface area contributed by atoms with E-state index in [-0.39, 0.29) is 11.8 Å². The van der Waals surface area contributed by atoms with Crippen molar-refractivity contribution >= 4 is 5.91 Å². The van der Waals surface area contributed by atoms with Crippen LogP contribution in [-0.4, -0.2) is 55.7 Å². The van der Waals surface area contributed by atoms with Crippen LogP contribution >= 0.6 is 0 Å². The van der Waals surface area contributed by atoms with Gasteiger partial charge in [0.1, 0.15) is 11.5 Å². The fraction of sp³-hybridized carbons (Fsp3) is 0.296. The Balaban J connectivity index is 1.28. The molecule has 0 unspecified atom stereocenters. The third kappa shape index (κ3) is 5.05. The molecule has 0 bridgehead atoms. The van der Waals surface area contributed by atoms with E-state index in [1.807, 2.05) is 55.1 Å². The molecule has 1 fully saturated rings. The number of pyridine rings is 1. The van der Waals surface area contributed by atoms with E-state index in [9.17, 15) is 4.79 Å². The van der Waals surface area contributed by atoms with Crippen LogP contribution in [0.4, 0.5) is 0 Å². The number of amides is 1. The van der Waals surface area contributed by atoms with Gasteiger partial charge in [-0.3, -0.25) is 9.78 Å². The number of carbonyl (C=O) groups excluding carboxylic acids is 1. The van der Waals surface area contributed by atoms with Gasteiger partial charge >= 0.3 is 0 Å². The van der Waals surface area contributed by atoms with E-state index in [4.69, 9.17) is 9.47 Å². The summed E-state index contributed by atoms with van der Waals surface area (Å²) in [7, 11) is 1.61. The maximum atomic E-state index is 13.3. The van der Waals surface area contributed by atoms with E-state index in [0.717, 1.165) is 29.9 Å². The number of piperidine rings is 1. The summed E-state index contributed by atoms with van der Waals surface area (Å²) in [5.74, 6) is 2.47. The van der Waals surface area contributed by atoms with E-state index >= 15 is 0 Å². The second-order valence-corrected chi connectivity index (χ2v) is 8.90. The standard InChI is InChI=1S/C27H28N6O3/c1-18-12-19(2)33(31-18)25-10-9-20(14-29-25)27(34)32-11-5-6-21(17-32)24-15-28-16-26(30-24)36-23-8-4-7-22(13-23)35-3/h4,7-10,12-16,21H,5-6,11,17H2,1-3H3/t21-/m1/s1. The van der Waals surface area contributed by atoms with E-state index in [1.54, 1.807) is 36.4 Å². The van der Waals surface area contributed by atoms with Crippen molar-refractivity contribution in [2.45, 2.75) is 32.6 Å². The Kier molecular flexibility index (Phi) is 6.62. The number of methoxy groups -OCH3 is 1. The van der Waals surface area contributed by atoms with Crippen LogP contribution in [0.3, 0.4) is 0 Å². The lowest BCUT2D eigenvalue weighted by molar-refractivity contribution is 0.0705. The van der Waals surface area contributed by atoms with Crippen molar-refractivity contribution in [1.82, 2.24) is 29.6 Å². The SMILES string of the molecule is COc1cccc(Oc2cncc([C@@H]3CCCN(C(=O)c4ccc(-n5nc(C)cc5C)nc4)C3)n2)c1. The summed E-state index contributed by atoms with van der Waals surface area (Å²) < 4.78 is 12.9. The highest BCUT2D eigenvalue weighted by Gasteiger charge is 2.27. The fourth-order valence-electron chi connectivity index (χ4n) is 4.48. The number of nitrogens with zero attached hydrogens (tertiary/aromatic N) is 6. The molecule has 0 spiro atoms. The van der Waals surface area contributed by atoms with Gasteiger partial charge in [0.05, 0.1) is 30.3 Å². The smallest absolute Gasteiger partial charge is 0.255 e. The van der Waals surface area contributed by atoms with Gasteiger partial charge in [-0.25, -0.2) is 14.6 Å². The molecule has 9 heteroatoms. The van der Waals surface area contributed by atoms with Crippen molar-refractivity contribution in [3.05, 3.63) is 83.7 Å². The Morgan fingerprint density at radius 2 is 1.92 bits per heavy atom. The topological polar surface area (TPSA) is 95.3 Å². The van der Waals surface area contributed by atoms with Crippen LogP contribution in [-0.2, 0) is 0 Å². The molecular formula is C27H28N6O3. The molecule has 36 heavy (non-hydrogen) atoms. The molecule has 184 valence electrons. The molecule has 0 radical (unpaired) electrons. The summed E-state index contributed by atoms with van der Waals surface area (Å²) in [6.07, 6.45) is 6.78. The molecule has 4 heterocycles. The zero-order valence-electron chi connectivity index (χ0n) is 20.6. The Bertz CT molecular complexity index is 1370. The summed E-state index contributed by atoms with van der Waals surface area (Å²) in [5, 5.41) is 4.46. The van der Waals surface area contributed by atoms with Gasteiger partial charge in [0.15, 0.2) is 5.82 Å². The molecule has 4 aromatic rings. The van der Waals surface area contributed by atoms with Crippen LogP contribution in [0, 0.1) is 13.8 Å². The van der Waals surface area contributed by atoms with E-state index in [0.29, 0.717) is 41.8 Å². The van der Waals surface area contributed by atoms with Crippen molar-refractivity contribution < 1.29 is 14.3 Å². The second kappa shape index (κ2) is 10.2. The highest BCUT2D eigenvalue weighted by molar-refractivity contribution is 5.94. The van der Waals surface area contributed by atoms with Gasteiger partial charge in [-0.05, 0) is 57.0 Å². The number of benzene rings is 1. The zero-order valence-corrected chi connectivity index (χ0v) is 20.6. The minimum Gasteiger partial charge on any atom is -0.497 e. The van der Waals surface area contributed by atoms with Crippen molar-refractivity contribution in [2.24, 2.45) is 0 Å². The Hall–Kier alpha value is -4.27. The van der Waals surface area contributed by atoms with Gasteiger partial charge in [-0.15, -0.1) is 0 Å². The molecule has 1 aliphatic heterocycles. The van der Waals surface area contributed by atoms with Crippen LogP contribution in [0.25, 0.3) is 5.82 Å². The van der Waals surface area contributed by atoms with Crippen LogP contribution in [0.5, 0.6) is 17.4 Å². The molecule has 0 aliphatic carbocycles. The Labute approximate surface area is 209 Å². The monoisotopic (exact) mass is 484 g/mol. The number of likely N-dealkylation sites (tertiary alicyclic amines) is 1. The summed E-state index contributed by atoms with van der Waals surface area (Å²) >= 11 is 0. The third-order valence-electron chi connectivity index (χ3n) is 6.24. The number of ether oxygens (including phenoxy) is 2. The minimum absolute atomic E-state index is 0.0381. The molecular weight excluding hydrogens is 456 g/mol. The van der Waals surface area contributed by atoms with Gasteiger partial charge in [0.2, 0.25) is 5.88 Å².